The summed E-state index contributed by atoms with van der Waals surface area (Å²) in [6.45, 7) is 8.29. The first-order valence-electron chi connectivity index (χ1n) is 7.44. The Morgan fingerprint density at radius 3 is 2.50 bits per heavy atom. The van der Waals surface area contributed by atoms with Crippen molar-refractivity contribution >= 4 is 0 Å². The maximum Gasteiger partial charge on any atom is 0.0565 e. The summed E-state index contributed by atoms with van der Waals surface area (Å²) in [6, 6.07) is 1.21. The van der Waals surface area contributed by atoms with E-state index in [-0.39, 0.29) is 5.54 Å². The number of nitrogens with zero attached hydrogens (tertiary/aromatic N) is 1. The topological polar surface area (TPSA) is 50.5 Å². The largest absolute Gasteiger partial charge is 0.378 e. The molecule has 3 N–H and O–H groups in total. The van der Waals surface area contributed by atoms with E-state index in [0.717, 1.165) is 19.4 Å². The van der Waals surface area contributed by atoms with Gasteiger partial charge in [0.2, 0.25) is 0 Å². The van der Waals surface area contributed by atoms with Gasteiger partial charge in [-0.15, -0.1) is 0 Å². The zero-order valence-electron chi connectivity index (χ0n) is 12.1. The predicted molar refractivity (Wildman–Crippen MR) is 74.2 cm³/mol. The quantitative estimate of drug-likeness (QED) is 0.805. The third kappa shape index (κ3) is 3.05. The number of hydrogen-bond donors (Lipinski definition) is 2. The number of ether oxygens (including phenoxy) is 1. The van der Waals surface area contributed by atoms with Crippen molar-refractivity contribution < 1.29 is 4.74 Å². The zero-order valence-corrected chi connectivity index (χ0v) is 12.1. The summed E-state index contributed by atoms with van der Waals surface area (Å²) in [4.78, 5) is 0. The summed E-state index contributed by atoms with van der Waals surface area (Å²) in [6.07, 6.45) is 6.25. The van der Waals surface area contributed by atoms with E-state index in [1.807, 2.05) is 0 Å². The maximum absolute atomic E-state index is 6.06. The van der Waals surface area contributed by atoms with E-state index in [0.29, 0.717) is 24.7 Å². The van der Waals surface area contributed by atoms with Gasteiger partial charge in [-0.1, -0.05) is 6.42 Å². The standard InChI is InChI=1S/C14H29N3O/c1-11-5-4-6-12(2)17(11)16-14(10-15)7-8-18-13(3)9-14/h11-13,16H,4-10,15H2,1-3H3. The molecule has 2 saturated heterocycles. The number of hydrazine groups is 1. The number of nitrogens with one attached hydrogen (secondary N) is 1. The molecule has 0 aromatic heterocycles. The predicted octanol–water partition coefficient (Wildman–Crippen LogP) is 1.65. The van der Waals surface area contributed by atoms with Crippen LogP contribution < -0.4 is 11.2 Å². The van der Waals surface area contributed by atoms with Gasteiger partial charge in [0, 0.05) is 30.8 Å². The van der Waals surface area contributed by atoms with Crippen LogP contribution in [0.3, 0.4) is 0 Å². The highest BCUT2D eigenvalue weighted by molar-refractivity contribution is 4.94. The van der Waals surface area contributed by atoms with Gasteiger partial charge in [0.25, 0.3) is 0 Å². The molecule has 106 valence electrons. The van der Waals surface area contributed by atoms with Gasteiger partial charge in [0.1, 0.15) is 0 Å². The molecule has 4 heteroatoms. The molecule has 0 aliphatic carbocycles. The van der Waals surface area contributed by atoms with Gasteiger partial charge in [-0.2, -0.15) is 0 Å². The molecule has 0 spiro atoms. The lowest BCUT2D eigenvalue weighted by Gasteiger charge is -2.48. The molecule has 0 aromatic rings. The number of hydrogen-bond acceptors (Lipinski definition) is 4. The summed E-state index contributed by atoms with van der Waals surface area (Å²) in [5, 5.41) is 2.45. The molecule has 0 aromatic carbocycles. The minimum absolute atomic E-state index is 0.0392. The Balaban J connectivity index is 2.04. The average Bonchev–Trinajstić information content (AvgIpc) is 2.34. The van der Waals surface area contributed by atoms with Crippen molar-refractivity contribution in [2.24, 2.45) is 5.73 Å². The molecule has 0 saturated carbocycles. The van der Waals surface area contributed by atoms with Crippen LogP contribution in [0.2, 0.25) is 0 Å². The fraction of sp³-hybridized carbons (Fsp3) is 1.00. The van der Waals surface area contributed by atoms with Crippen molar-refractivity contribution in [1.29, 1.82) is 0 Å². The summed E-state index contributed by atoms with van der Waals surface area (Å²) in [5.74, 6) is 0. The first-order chi connectivity index (χ1) is 8.56. The molecule has 18 heavy (non-hydrogen) atoms. The highest BCUT2D eigenvalue weighted by Gasteiger charge is 2.38. The summed E-state index contributed by atoms with van der Waals surface area (Å²) in [5.41, 5.74) is 9.88. The Bertz CT molecular complexity index is 264. The normalized spacial score (nSPS) is 43.0. The monoisotopic (exact) mass is 255 g/mol. The molecule has 2 fully saturated rings. The van der Waals surface area contributed by atoms with E-state index in [9.17, 15) is 0 Å². The van der Waals surface area contributed by atoms with E-state index in [1.54, 1.807) is 0 Å². The molecule has 0 radical (unpaired) electrons. The molecule has 4 unspecified atom stereocenters. The van der Waals surface area contributed by atoms with Crippen molar-refractivity contribution in [3.63, 3.8) is 0 Å². The minimum atomic E-state index is 0.0392. The van der Waals surface area contributed by atoms with E-state index in [2.05, 4.69) is 31.2 Å². The Morgan fingerprint density at radius 2 is 1.94 bits per heavy atom. The van der Waals surface area contributed by atoms with Gasteiger partial charge >= 0.3 is 0 Å². The number of piperidine rings is 1. The molecular formula is C14H29N3O. The second-order valence-electron chi connectivity index (χ2n) is 6.27. The van der Waals surface area contributed by atoms with Crippen LogP contribution in [0.4, 0.5) is 0 Å². The van der Waals surface area contributed by atoms with Crippen LogP contribution in [0.15, 0.2) is 0 Å². The van der Waals surface area contributed by atoms with E-state index < -0.39 is 0 Å². The van der Waals surface area contributed by atoms with Crippen LogP contribution in [0.25, 0.3) is 0 Å². The molecule has 0 amide bonds. The molecule has 0 bridgehead atoms. The van der Waals surface area contributed by atoms with Gasteiger partial charge in [0.15, 0.2) is 0 Å². The van der Waals surface area contributed by atoms with Crippen LogP contribution in [0.1, 0.15) is 52.9 Å². The summed E-state index contributed by atoms with van der Waals surface area (Å²) >= 11 is 0. The second-order valence-corrected chi connectivity index (χ2v) is 6.27. The Morgan fingerprint density at radius 1 is 1.28 bits per heavy atom. The molecule has 2 aliphatic rings. The highest BCUT2D eigenvalue weighted by atomic mass is 16.5. The van der Waals surface area contributed by atoms with E-state index >= 15 is 0 Å². The van der Waals surface area contributed by atoms with Gasteiger partial charge in [0.05, 0.1) is 6.10 Å². The van der Waals surface area contributed by atoms with Crippen LogP contribution in [0, 0.1) is 0 Å². The third-order valence-electron chi connectivity index (χ3n) is 4.61. The third-order valence-corrected chi connectivity index (χ3v) is 4.61. The fourth-order valence-electron chi connectivity index (χ4n) is 3.41. The molecule has 2 aliphatic heterocycles. The number of rotatable bonds is 3. The Kier molecular flexibility index (Phi) is 4.64. The molecule has 2 heterocycles. The lowest BCUT2D eigenvalue weighted by atomic mass is 9.87. The number of nitrogens with two attached hydrogens (primary N) is 1. The lowest BCUT2D eigenvalue weighted by molar-refractivity contribution is -0.0673. The lowest BCUT2D eigenvalue weighted by Crippen LogP contribution is -2.65. The van der Waals surface area contributed by atoms with Gasteiger partial charge in [-0.3, -0.25) is 0 Å². The average molecular weight is 255 g/mol. The minimum Gasteiger partial charge on any atom is -0.378 e. The van der Waals surface area contributed by atoms with E-state index in [4.69, 9.17) is 10.5 Å². The first kappa shape index (κ1) is 14.3. The Hall–Kier alpha value is -0.160. The Labute approximate surface area is 111 Å². The van der Waals surface area contributed by atoms with Crippen LogP contribution in [-0.4, -0.2) is 41.9 Å². The van der Waals surface area contributed by atoms with Gasteiger partial charge in [-0.05, 0) is 46.5 Å². The molecule has 4 nitrogen and oxygen atoms in total. The van der Waals surface area contributed by atoms with Crippen molar-refractivity contribution in [1.82, 2.24) is 10.4 Å². The summed E-state index contributed by atoms with van der Waals surface area (Å²) in [7, 11) is 0. The van der Waals surface area contributed by atoms with Crippen molar-refractivity contribution in [3.05, 3.63) is 0 Å². The first-order valence-corrected chi connectivity index (χ1v) is 7.44. The van der Waals surface area contributed by atoms with Crippen molar-refractivity contribution in [2.75, 3.05) is 13.2 Å². The zero-order chi connectivity index (χ0) is 13.2. The van der Waals surface area contributed by atoms with Gasteiger partial charge in [-0.25, -0.2) is 10.4 Å². The molecular weight excluding hydrogens is 226 g/mol. The van der Waals surface area contributed by atoms with Crippen LogP contribution in [0.5, 0.6) is 0 Å². The second kappa shape index (κ2) is 5.87. The smallest absolute Gasteiger partial charge is 0.0565 e. The fourth-order valence-corrected chi connectivity index (χ4v) is 3.41. The highest BCUT2D eigenvalue weighted by Crippen LogP contribution is 2.28. The SMILES string of the molecule is CC1CC(CN)(NN2C(C)CCCC2C)CCO1. The van der Waals surface area contributed by atoms with Crippen LogP contribution >= 0.6 is 0 Å². The molecule has 4 atom stereocenters. The summed E-state index contributed by atoms with van der Waals surface area (Å²) < 4.78 is 5.66. The van der Waals surface area contributed by atoms with Crippen LogP contribution in [-0.2, 0) is 4.74 Å². The van der Waals surface area contributed by atoms with E-state index in [1.165, 1.54) is 19.3 Å². The van der Waals surface area contributed by atoms with Crippen molar-refractivity contribution in [3.8, 4) is 0 Å². The molecule has 2 rings (SSSR count). The van der Waals surface area contributed by atoms with Gasteiger partial charge < -0.3 is 10.5 Å². The maximum atomic E-state index is 6.06. The van der Waals surface area contributed by atoms with Crippen molar-refractivity contribution in [2.45, 2.75) is 76.6 Å².